The Hall–Kier alpha value is -2.68. The Morgan fingerprint density at radius 2 is 1.88 bits per heavy atom. The Morgan fingerprint density at radius 3 is 2.62 bits per heavy atom. The van der Waals surface area contributed by atoms with Gasteiger partial charge in [-0.15, -0.1) is 0 Å². The molecular formula is C21H21N2O+. The molecule has 0 saturated carbocycles. The lowest BCUT2D eigenvalue weighted by Crippen LogP contribution is -2.31. The third-order valence-electron chi connectivity index (χ3n) is 4.68. The van der Waals surface area contributed by atoms with Gasteiger partial charge >= 0.3 is 0 Å². The van der Waals surface area contributed by atoms with Gasteiger partial charge in [0.15, 0.2) is 6.20 Å². The van der Waals surface area contributed by atoms with Crippen LogP contribution in [0.1, 0.15) is 30.9 Å². The average molecular weight is 317 g/mol. The summed E-state index contributed by atoms with van der Waals surface area (Å²) in [6, 6.07) is 12.6. The summed E-state index contributed by atoms with van der Waals surface area (Å²) in [5.41, 5.74) is 6.44. The van der Waals surface area contributed by atoms with Crippen molar-refractivity contribution in [2.45, 2.75) is 26.7 Å². The Balaban J connectivity index is 2.08. The molecule has 0 aliphatic heterocycles. The number of para-hydroxylation sites is 1. The van der Waals surface area contributed by atoms with Crippen LogP contribution in [0.5, 0.6) is 0 Å². The Kier molecular flexibility index (Phi) is 3.38. The number of hydrogen-bond donors (Lipinski definition) is 0. The molecule has 4 rings (SSSR count). The van der Waals surface area contributed by atoms with E-state index in [9.17, 15) is 0 Å². The zero-order valence-electron chi connectivity index (χ0n) is 14.5. The Bertz CT molecular complexity index is 1060. The zero-order valence-corrected chi connectivity index (χ0v) is 14.5. The van der Waals surface area contributed by atoms with E-state index in [2.05, 4.69) is 61.8 Å². The van der Waals surface area contributed by atoms with E-state index in [1.54, 1.807) is 0 Å². The van der Waals surface area contributed by atoms with Gasteiger partial charge in [0.25, 0.3) is 0 Å². The molecule has 0 atom stereocenters. The molecule has 0 radical (unpaired) electrons. The number of hydrogen-bond acceptors (Lipinski definition) is 2. The van der Waals surface area contributed by atoms with Gasteiger partial charge in [0.2, 0.25) is 11.4 Å². The first kappa shape index (κ1) is 14.9. The molecule has 0 unspecified atom stereocenters. The van der Waals surface area contributed by atoms with Crippen LogP contribution in [0, 0.1) is 6.92 Å². The molecule has 0 amide bonds. The van der Waals surface area contributed by atoms with E-state index in [0.717, 1.165) is 21.9 Å². The lowest BCUT2D eigenvalue weighted by atomic mass is 9.99. The zero-order chi connectivity index (χ0) is 16.8. The molecule has 4 aromatic rings. The second kappa shape index (κ2) is 5.45. The van der Waals surface area contributed by atoms with Gasteiger partial charge in [0.05, 0.1) is 10.9 Å². The first-order valence-corrected chi connectivity index (χ1v) is 8.33. The van der Waals surface area contributed by atoms with E-state index in [-0.39, 0.29) is 0 Å². The van der Waals surface area contributed by atoms with Gasteiger partial charge < -0.3 is 4.42 Å². The maximum Gasteiger partial charge on any atom is 0.228 e. The van der Waals surface area contributed by atoms with E-state index >= 15 is 0 Å². The van der Waals surface area contributed by atoms with Crippen molar-refractivity contribution in [3.63, 3.8) is 0 Å². The van der Waals surface area contributed by atoms with Gasteiger partial charge in [-0.3, -0.25) is 0 Å². The van der Waals surface area contributed by atoms with Crippen LogP contribution < -0.4 is 4.57 Å². The monoisotopic (exact) mass is 317 g/mol. The van der Waals surface area contributed by atoms with Crippen LogP contribution in [0.2, 0.25) is 0 Å². The Labute approximate surface area is 141 Å². The minimum absolute atomic E-state index is 0.513. The summed E-state index contributed by atoms with van der Waals surface area (Å²) >= 11 is 0. The first-order chi connectivity index (χ1) is 11.6. The number of fused-ring (bicyclic) bond motifs is 3. The number of pyridine rings is 2. The summed E-state index contributed by atoms with van der Waals surface area (Å²) in [5.74, 6) is 0.513. The van der Waals surface area contributed by atoms with Crippen LogP contribution in [0.25, 0.3) is 33.3 Å². The number of nitrogens with zero attached hydrogens (tertiary/aromatic N) is 2. The fraction of sp³-hybridized carbons (Fsp3) is 0.238. The molecule has 1 aromatic carbocycles. The molecule has 3 heterocycles. The van der Waals surface area contributed by atoms with Crippen LogP contribution in [0.15, 0.2) is 53.2 Å². The van der Waals surface area contributed by atoms with E-state index in [4.69, 9.17) is 4.42 Å². The van der Waals surface area contributed by atoms with Crippen molar-refractivity contribution < 1.29 is 8.98 Å². The highest BCUT2D eigenvalue weighted by molar-refractivity contribution is 6.11. The molecule has 0 saturated heterocycles. The smallest absolute Gasteiger partial charge is 0.228 e. The van der Waals surface area contributed by atoms with Crippen LogP contribution >= 0.6 is 0 Å². The van der Waals surface area contributed by atoms with E-state index < -0.39 is 0 Å². The topological polar surface area (TPSA) is 29.9 Å². The lowest BCUT2D eigenvalue weighted by molar-refractivity contribution is -0.660. The number of aryl methyl sites for hydroxylation is 2. The SMILES string of the molecule is Cc1cnc2oc3ccccc3c2c1-c1ccc(C(C)C)c[n+]1C. The predicted octanol–water partition coefficient (Wildman–Crippen LogP) is 4.90. The second-order valence-corrected chi connectivity index (χ2v) is 6.71. The summed E-state index contributed by atoms with van der Waals surface area (Å²) in [6.45, 7) is 6.54. The minimum atomic E-state index is 0.513. The van der Waals surface area contributed by atoms with Crippen molar-refractivity contribution in [2.24, 2.45) is 7.05 Å². The Morgan fingerprint density at radius 1 is 1.08 bits per heavy atom. The summed E-state index contributed by atoms with van der Waals surface area (Å²) in [4.78, 5) is 4.50. The molecule has 3 aromatic heterocycles. The van der Waals surface area contributed by atoms with E-state index in [1.165, 1.54) is 16.8 Å². The second-order valence-electron chi connectivity index (χ2n) is 6.71. The van der Waals surface area contributed by atoms with Crippen molar-refractivity contribution >= 4 is 22.1 Å². The number of benzene rings is 1. The third-order valence-corrected chi connectivity index (χ3v) is 4.68. The molecule has 3 nitrogen and oxygen atoms in total. The minimum Gasteiger partial charge on any atom is -0.438 e. The van der Waals surface area contributed by atoms with Gasteiger partial charge in [-0.25, -0.2) is 9.55 Å². The van der Waals surface area contributed by atoms with E-state index in [1.807, 2.05) is 24.4 Å². The molecular weight excluding hydrogens is 296 g/mol. The molecule has 0 aliphatic rings. The van der Waals surface area contributed by atoms with Crippen LogP contribution in [0.4, 0.5) is 0 Å². The fourth-order valence-electron chi connectivity index (χ4n) is 3.34. The highest BCUT2D eigenvalue weighted by Gasteiger charge is 2.21. The molecule has 0 N–H and O–H groups in total. The standard InChI is InChI=1S/C21H21N2O/c1-13(2)15-9-10-17(23(4)12-15)19-14(3)11-22-21-20(19)16-7-5-6-8-18(16)24-21/h5-13H,1-4H3/q+1. The van der Waals surface area contributed by atoms with Crippen LogP contribution in [-0.2, 0) is 7.05 Å². The lowest BCUT2D eigenvalue weighted by Gasteiger charge is -2.08. The van der Waals surface area contributed by atoms with Gasteiger partial charge in [-0.05, 0) is 30.5 Å². The summed E-state index contributed by atoms with van der Waals surface area (Å²) in [6.07, 6.45) is 4.12. The largest absolute Gasteiger partial charge is 0.438 e. The normalized spacial score (nSPS) is 11.7. The highest BCUT2D eigenvalue weighted by Crippen LogP contribution is 2.36. The first-order valence-electron chi connectivity index (χ1n) is 8.33. The quantitative estimate of drug-likeness (QED) is 0.492. The van der Waals surface area contributed by atoms with Gasteiger partial charge in [-0.2, -0.15) is 0 Å². The average Bonchev–Trinajstić information content (AvgIpc) is 2.94. The van der Waals surface area contributed by atoms with E-state index in [0.29, 0.717) is 11.6 Å². The van der Waals surface area contributed by atoms with Crippen molar-refractivity contribution in [2.75, 3.05) is 0 Å². The molecule has 0 bridgehead atoms. The van der Waals surface area contributed by atoms with Crippen molar-refractivity contribution in [1.82, 2.24) is 4.98 Å². The van der Waals surface area contributed by atoms with Crippen molar-refractivity contribution in [3.05, 3.63) is 59.9 Å². The predicted molar refractivity (Wildman–Crippen MR) is 97.0 cm³/mol. The van der Waals surface area contributed by atoms with Crippen molar-refractivity contribution in [3.8, 4) is 11.3 Å². The summed E-state index contributed by atoms with van der Waals surface area (Å²) in [5, 5.41) is 2.21. The molecule has 24 heavy (non-hydrogen) atoms. The van der Waals surface area contributed by atoms with Crippen molar-refractivity contribution in [1.29, 1.82) is 0 Å². The molecule has 0 aliphatic carbocycles. The molecule has 0 fully saturated rings. The highest BCUT2D eigenvalue weighted by atomic mass is 16.3. The summed E-state index contributed by atoms with van der Waals surface area (Å²) < 4.78 is 8.16. The molecule has 120 valence electrons. The summed E-state index contributed by atoms with van der Waals surface area (Å²) in [7, 11) is 2.11. The van der Waals surface area contributed by atoms with Gasteiger partial charge in [-0.1, -0.05) is 32.0 Å². The van der Waals surface area contributed by atoms with Gasteiger partial charge in [0.1, 0.15) is 12.6 Å². The number of rotatable bonds is 2. The molecule has 0 spiro atoms. The third kappa shape index (κ3) is 2.20. The maximum absolute atomic E-state index is 5.95. The molecule has 3 heteroatoms. The number of aromatic nitrogens is 2. The van der Waals surface area contributed by atoms with Crippen LogP contribution in [0.3, 0.4) is 0 Å². The van der Waals surface area contributed by atoms with Gasteiger partial charge in [0, 0.05) is 23.2 Å². The fourth-order valence-corrected chi connectivity index (χ4v) is 3.34. The maximum atomic E-state index is 5.95. The van der Waals surface area contributed by atoms with Crippen LogP contribution in [-0.4, -0.2) is 4.98 Å². The number of furan rings is 1.